The molecule has 2 N–H and O–H groups in total. The molecule has 154 valence electrons. The summed E-state index contributed by atoms with van der Waals surface area (Å²) < 4.78 is 1.84. The largest absolute Gasteiger partial charge is 0.349 e. The van der Waals surface area contributed by atoms with Crippen molar-refractivity contribution in [3.05, 3.63) is 78.4 Å². The molecule has 0 unspecified atom stereocenters. The lowest BCUT2D eigenvalue weighted by molar-refractivity contribution is 0.0942. The maximum atomic E-state index is 12.7. The number of aryl methyl sites for hydroxylation is 1. The maximum absolute atomic E-state index is 12.7. The van der Waals surface area contributed by atoms with Crippen LogP contribution in [-0.4, -0.2) is 37.2 Å². The molecule has 7 nitrogen and oxygen atoms in total. The van der Waals surface area contributed by atoms with E-state index in [0.717, 1.165) is 33.2 Å². The van der Waals surface area contributed by atoms with E-state index in [1.807, 2.05) is 54.2 Å². The number of pyridine rings is 1. The number of fused-ring (bicyclic) bond motifs is 2. The normalized spacial score (nSPS) is 12.3. The number of nitrogens with one attached hydrogen (secondary N) is 2. The standard InChI is InChI=1S/C24H22N6O/c1-15(16-6-4-3-5-7-16)14-26-24(31)23-27-19-12-18-21(13-20(19)28-23)30(2)29-22(18)17-8-10-25-11-9-17/h3-13,15H,14H2,1-2H3,(H,26,31)(H,27,28)/t15-/m1/s1. The molecule has 31 heavy (non-hydrogen) atoms. The number of carbonyl (C=O) groups excluding carboxylic acids is 1. The number of rotatable bonds is 5. The summed E-state index contributed by atoms with van der Waals surface area (Å²) in [5, 5.41) is 8.63. The molecule has 5 rings (SSSR count). The zero-order valence-electron chi connectivity index (χ0n) is 17.3. The van der Waals surface area contributed by atoms with Crippen molar-refractivity contribution in [2.45, 2.75) is 12.8 Å². The summed E-state index contributed by atoms with van der Waals surface area (Å²) in [5.41, 5.74) is 5.55. The van der Waals surface area contributed by atoms with E-state index in [-0.39, 0.29) is 11.8 Å². The second-order valence-electron chi connectivity index (χ2n) is 7.70. The minimum atomic E-state index is -0.212. The van der Waals surface area contributed by atoms with Gasteiger partial charge in [0.1, 0.15) is 5.69 Å². The highest BCUT2D eigenvalue weighted by Crippen LogP contribution is 2.30. The lowest BCUT2D eigenvalue weighted by Gasteiger charge is -2.12. The Hall–Kier alpha value is -4.00. The lowest BCUT2D eigenvalue weighted by Crippen LogP contribution is -2.28. The number of carbonyl (C=O) groups is 1. The van der Waals surface area contributed by atoms with Crippen LogP contribution >= 0.6 is 0 Å². The second-order valence-corrected chi connectivity index (χ2v) is 7.70. The van der Waals surface area contributed by atoms with Crippen molar-refractivity contribution in [3.63, 3.8) is 0 Å². The van der Waals surface area contributed by atoms with Crippen molar-refractivity contribution >= 4 is 27.8 Å². The van der Waals surface area contributed by atoms with E-state index >= 15 is 0 Å². The number of aromatic nitrogens is 5. The number of nitrogens with zero attached hydrogens (tertiary/aromatic N) is 4. The fourth-order valence-electron chi connectivity index (χ4n) is 3.82. The van der Waals surface area contributed by atoms with Gasteiger partial charge in [0, 0.05) is 36.9 Å². The van der Waals surface area contributed by atoms with Crippen LogP contribution in [0.25, 0.3) is 33.2 Å². The molecule has 0 spiro atoms. The number of H-pyrrole nitrogens is 1. The molecule has 0 bridgehead atoms. The van der Waals surface area contributed by atoms with Crippen LogP contribution in [0.15, 0.2) is 67.0 Å². The number of hydrogen-bond donors (Lipinski definition) is 2. The minimum Gasteiger partial charge on any atom is -0.349 e. The molecule has 1 atom stereocenters. The number of imidazole rings is 1. The molecule has 3 aromatic heterocycles. The van der Waals surface area contributed by atoms with Gasteiger partial charge in [-0.25, -0.2) is 4.98 Å². The highest BCUT2D eigenvalue weighted by atomic mass is 16.2. The zero-order valence-corrected chi connectivity index (χ0v) is 17.3. The molecule has 5 aromatic rings. The fourth-order valence-corrected chi connectivity index (χ4v) is 3.82. The third kappa shape index (κ3) is 3.54. The monoisotopic (exact) mass is 410 g/mol. The molecule has 0 radical (unpaired) electrons. The van der Waals surface area contributed by atoms with Crippen LogP contribution in [0, 0.1) is 0 Å². The number of hydrogen-bond acceptors (Lipinski definition) is 4. The fraction of sp³-hybridized carbons (Fsp3) is 0.167. The van der Waals surface area contributed by atoms with Crippen molar-refractivity contribution in [1.82, 2.24) is 30.0 Å². The Morgan fingerprint density at radius 1 is 1.13 bits per heavy atom. The summed E-state index contributed by atoms with van der Waals surface area (Å²) in [4.78, 5) is 24.5. The Morgan fingerprint density at radius 3 is 2.68 bits per heavy atom. The first-order valence-corrected chi connectivity index (χ1v) is 10.2. The SMILES string of the molecule is C[C@H](CNC(=O)c1nc2cc3c(-c4ccncc4)nn(C)c3cc2[nH]1)c1ccccc1. The molecule has 0 saturated carbocycles. The lowest BCUT2D eigenvalue weighted by atomic mass is 10.0. The molecule has 1 amide bonds. The van der Waals surface area contributed by atoms with Crippen LogP contribution in [0.1, 0.15) is 29.0 Å². The highest BCUT2D eigenvalue weighted by molar-refractivity contribution is 6.02. The topological polar surface area (TPSA) is 88.5 Å². The van der Waals surface area contributed by atoms with Gasteiger partial charge in [-0.05, 0) is 35.7 Å². The molecule has 0 aliphatic carbocycles. The Labute approximate surface area is 179 Å². The third-order valence-corrected chi connectivity index (χ3v) is 5.56. The molecular formula is C24H22N6O. The van der Waals surface area contributed by atoms with E-state index in [9.17, 15) is 4.79 Å². The Balaban J connectivity index is 1.43. The van der Waals surface area contributed by atoms with Gasteiger partial charge in [-0.15, -0.1) is 0 Å². The summed E-state index contributed by atoms with van der Waals surface area (Å²) in [5.74, 6) is 0.311. The first-order chi connectivity index (χ1) is 15.1. The first-order valence-electron chi connectivity index (χ1n) is 10.2. The van der Waals surface area contributed by atoms with Gasteiger partial charge in [0.25, 0.3) is 5.91 Å². The van der Waals surface area contributed by atoms with Crippen LogP contribution < -0.4 is 5.32 Å². The predicted octanol–water partition coefficient (Wildman–Crippen LogP) is 4.05. The quantitative estimate of drug-likeness (QED) is 0.458. The van der Waals surface area contributed by atoms with E-state index in [2.05, 4.69) is 44.4 Å². The van der Waals surface area contributed by atoms with Crippen LogP contribution in [0.4, 0.5) is 0 Å². The number of aromatic amines is 1. The first kappa shape index (κ1) is 19.0. The number of benzene rings is 2. The molecule has 3 heterocycles. The van der Waals surface area contributed by atoms with E-state index in [1.165, 1.54) is 5.56 Å². The molecule has 0 fully saturated rings. The number of amides is 1. The second kappa shape index (κ2) is 7.68. The zero-order chi connectivity index (χ0) is 21.4. The van der Waals surface area contributed by atoms with E-state index < -0.39 is 0 Å². The average Bonchev–Trinajstić information content (AvgIpc) is 3.37. The van der Waals surface area contributed by atoms with Gasteiger partial charge in [-0.2, -0.15) is 5.10 Å². The van der Waals surface area contributed by atoms with E-state index in [0.29, 0.717) is 12.4 Å². The highest BCUT2D eigenvalue weighted by Gasteiger charge is 2.17. The van der Waals surface area contributed by atoms with Gasteiger partial charge in [-0.3, -0.25) is 14.5 Å². The van der Waals surface area contributed by atoms with Crippen molar-refractivity contribution in [2.24, 2.45) is 7.05 Å². The maximum Gasteiger partial charge on any atom is 0.287 e. The Bertz CT molecular complexity index is 1370. The van der Waals surface area contributed by atoms with Crippen molar-refractivity contribution in [1.29, 1.82) is 0 Å². The molecular weight excluding hydrogens is 388 g/mol. The Morgan fingerprint density at radius 2 is 1.90 bits per heavy atom. The summed E-state index contributed by atoms with van der Waals surface area (Å²) in [6, 6.07) is 18.0. The van der Waals surface area contributed by atoms with Crippen LogP contribution in [0.5, 0.6) is 0 Å². The summed E-state index contributed by atoms with van der Waals surface area (Å²) in [6.07, 6.45) is 3.50. The summed E-state index contributed by atoms with van der Waals surface area (Å²) in [7, 11) is 1.91. The molecule has 0 aliphatic heterocycles. The van der Waals surface area contributed by atoms with Crippen LogP contribution in [0.2, 0.25) is 0 Å². The van der Waals surface area contributed by atoms with Gasteiger partial charge >= 0.3 is 0 Å². The van der Waals surface area contributed by atoms with Crippen LogP contribution in [-0.2, 0) is 7.05 Å². The van der Waals surface area contributed by atoms with Gasteiger partial charge in [0.05, 0.1) is 16.6 Å². The van der Waals surface area contributed by atoms with Gasteiger partial charge in [0.15, 0.2) is 5.82 Å². The van der Waals surface area contributed by atoms with Crippen LogP contribution in [0.3, 0.4) is 0 Å². The smallest absolute Gasteiger partial charge is 0.287 e. The van der Waals surface area contributed by atoms with Crippen molar-refractivity contribution in [2.75, 3.05) is 6.54 Å². The van der Waals surface area contributed by atoms with E-state index in [1.54, 1.807) is 12.4 Å². The van der Waals surface area contributed by atoms with Gasteiger partial charge in [0.2, 0.25) is 0 Å². The van der Waals surface area contributed by atoms with Crippen molar-refractivity contribution in [3.8, 4) is 11.3 Å². The summed E-state index contributed by atoms with van der Waals surface area (Å²) in [6.45, 7) is 2.63. The third-order valence-electron chi connectivity index (χ3n) is 5.56. The molecule has 0 saturated heterocycles. The molecule has 7 heteroatoms. The average molecular weight is 410 g/mol. The predicted molar refractivity (Wildman–Crippen MR) is 121 cm³/mol. The summed E-state index contributed by atoms with van der Waals surface area (Å²) >= 11 is 0. The van der Waals surface area contributed by atoms with Crippen molar-refractivity contribution < 1.29 is 4.79 Å². The Kier molecular flexibility index (Phi) is 4.71. The molecule has 0 aliphatic rings. The van der Waals surface area contributed by atoms with Gasteiger partial charge in [-0.1, -0.05) is 37.3 Å². The minimum absolute atomic E-state index is 0.212. The van der Waals surface area contributed by atoms with E-state index in [4.69, 9.17) is 0 Å². The molecule has 2 aromatic carbocycles. The van der Waals surface area contributed by atoms with Gasteiger partial charge < -0.3 is 10.3 Å².